The van der Waals surface area contributed by atoms with Crippen LogP contribution in [0.25, 0.3) is 0 Å². The lowest BCUT2D eigenvalue weighted by molar-refractivity contribution is -0.146. The lowest BCUT2D eigenvalue weighted by Gasteiger charge is -2.27. The van der Waals surface area contributed by atoms with Gasteiger partial charge in [0, 0.05) is 30.8 Å². The fourth-order valence-corrected chi connectivity index (χ4v) is 2.00. The maximum atomic E-state index is 11.5. The zero-order valence-corrected chi connectivity index (χ0v) is 9.70. The number of halogens is 1. The van der Waals surface area contributed by atoms with Gasteiger partial charge in [-0.05, 0) is 17.7 Å². The quantitative estimate of drug-likeness (QED) is 0.703. The second kappa shape index (κ2) is 4.26. The number of hydrogen-bond donors (Lipinski definition) is 0. The van der Waals surface area contributed by atoms with Crippen LogP contribution in [-0.4, -0.2) is 23.8 Å². The van der Waals surface area contributed by atoms with E-state index in [9.17, 15) is 9.59 Å². The van der Waals surface area contributed by atoms with Crippen molar-refractivity contribution in [2.24, 2.45) is 0 Å². The van der Waals surface area contributed by atoms with E-state index < -0.39 is 0 Å². The predicted octanol–water partition coefficient (Wildman–Crippen LogP) is 2.20. The molecule has 0 bridgehead atoms. The fraction of sp³-hybridized carbons (Fsp3) is 0.333. The highest BCUT2D eigenvalue weighted by Gasteiger charge is 2.30. The van der Waals surface area contributed by atoms with E-state index in [2.05, 4.69) is 0 Å². The van der Waals surface area contributed by atoms with E-state index >= 15 is 0 Å². The molecule has 1 aromatic carbocycles. The van der Waals surface area contributed by atoms with Gasteiger partial charge in [0.1, 0.15) is 0 Å². The highest BCUT2D eigenvalue weighted by Crippen LogP contribution is 2.29. The van der Waals surface area contributed by atoms with Gasteiger partial charge in [0.05, 0.1) is 0 Å². The van der Waals surface area contributed by atoms with Crippen LogP contribution in [0.1, 0.15) is 24.3 Å². The number of carbonyl (C=O) groups excluding carboxylic acids is 2. The average molecular weight is 238 g/mol. The summed E-state index contributed by atoms with van der Waals surface area (Å²) in [6.45, 7) is 0. The van der Waals surface area contributed by atoms with Gasteiger partial charge in [-0.25, -0.2) is 0 Å². The van der Waals surface area contributed by atoms with E-state index in [1.54, 1.807) is 12.1 Å². The molecular weight excluding hydrogens is 226 g/mol. The van der Waals surface area contributed by atoms with Crippen molar-refractivity contribution in [2.75, 3.05) is 7.05 Å². The Morgan fingerprint density at radius 2 is 1.62 bits per heavy atom. The van der Waals surface area contributed by atoms with E-state index in [0.717, 1.165) is 5.56 Å². The molecule has 0 atom stereocenters. The number of piperidine rings is 1. The number of nitrogens with zero attached hydrogens (tertiary/aromatic N) is 1. The summed E-state index contributed by atoms with van der Waals surface area (Å²) >= 11 is 5.79. The van der Waals surface area contributed by atoms with E-state index in [1.165, 1.54) is 11.9 Å². The summed E-state index contributed by atoms with van der Waals surface area (Å²) in [6.07, 6.45) is 0.785. The molecule has 1 aliphatic rings. The van der Waals surface area contributed by atoms with Gasteiger partial charge < -0.3 is 0 Å². The van der Waals surface area contributed by atoms with Crippen LogP contribution in [-0.2, 0) is 9.59 Å². The summed E-state index contributed by atoms with van der Waals surface area (Å²) in [4.78, 5) is 24.3. The van der Waals surface area contributed by atoms with Gasteiger partial charge in [-0.3, -0.25) is 14.5 Å². The Balaban J connectivity index is 2.20. The summed E-state index contributed by atoms with van der Waals surface area (Å²) < 4.78 is 0. The normalized spacial score (nSPS) is 18.0. The van der Waals surface area contributed by atoms with Crippen LogP contribution in [0, 0.1) is 0 Å². The molecule has 1 aliphatic heterocycles. The first-order valence-electron chi connectivity index (χ1n) is 5.13. The number of benzene rings is 1. The minimum atomic E-state index is -0.115. The first-order chi connectivity index (χ1) is 7.58. The number of likely N-dealkylation sites (tertiary alicyclic amines) is 1. The van der Waals surface area contributed by atoms with Crippen molar-refractivity contribution in [3.05, 3.63) is 34.9 Å². The molecule has 0 saturated carbocycles. The fourth-order valence-electron chi connectivity index (χ4n) is 1.88. The molecule has 1 fully saturated rings. The Morgan fingerprint density at radius 3 is 2.12 bits per heavy atom. The maximum absolute atomic E-state index is 11.5. The van der Waals surface area contributed by atoms with Crippen molar-refractivity contribution in [1.29, 1.82) is 0 Å². The van der Waals surface area contributed by atoms with Crippen LogP contribution >= 0.6 is 11.6 Å². The van der Waals surface area contributed by atoms with Gasteiger partial charge in [-0.1, -0.05) is 23.7 Å². The molecule has 0 aliphatic carbocycles. The molecule has 0 radical (unpaired) electrons. The van der Waals surface area contributed by atoms with Crippen LogP contribution < -0.4 is 0 Å². The molecule has 0 aromatic heterocycles. The number of imide groups is 1. The topological polar surface area (TPSA) is 37.4 Å². The van der Waals surface area contributed by atoms with Gasteiger partial charge in [0.15, 0.2) is 0 Å². The summed E-state index contributed by atoms with van der Waals surface area (Å²) in [6, 6.07) is 7.31. The molecule has 1 aromatic rings. The number of rotatable bonds is 1. The maximum Gasteiger partial charge on any atom is 0.229 e. The molecule has 1 saturated heterocycles. The molecule has 16 heavy (non-hydrogen) atoms. The summed E-state index contributed by atoms with van der Waals surface area (Å²) in [5.41, 5.74) is 0.999. The van der Waals surface area contributed by atoms with Crippen LogP contribution in [0.3, 0.4) is 0 Å². The van der Waals surface area contributed by atoms with Crippen LogP contribution in [0.2, 0.25) is 5.02 Å². The van der Waals surface area contributed by atoms with E-state index in [0.29, 0.717) is 17.9 Å². The Hall–Kier alpha value is -1.35. The van der Waals surface area contributed by atoms with Gasteiger partial charge in [0.25, 0.3) is 0 Å². The van der Waals surface area contributed by atoms with Gasteiger partial charge in [-0.2, -0.15) is 0 Å². The van der Waals surface area contributed by atoms with E-state index in [-0.39, 0.29) is 17.7 Å². The Kier molecular flexibility index (Phi) is 2.97. The average Bonchev–Trinajstić information content (AvgIpc) is 2.26. The summed E-state index contributed by atoms with van der Waals surface area (Å²) in [5.74, 6) is -0.235. The zero-order chi connectivity index (χ0) is 11.7. The molecular formula is C12H12ClNO2. The smallest absolute Gasteiger partial charge is 0.229 e. The first kappa shape index (κ1) is 11.1. The minimum Gasteiger partial charge on any atom is -0.286 e. The van der Waals surface area contributed by atoms with Crippen LogP contribution in [0.5, 0.6) is 0 Å². The molecule has 2 amide bonds. The lowest BCUT2D eigenvalue weighted by Crippen LogP contribution is -2.39. The van der Waals surface area contributed by atoms with Crippen molar-refractivity contribution in [3.63, 3.8) is 0 Å². The Labute approximate surface area is 99.0 Å². The Morgan fingerprint density at radius 1 is 1.12 bits per heavy atom. The van der Waals surface area contributed by atoms with Crippen LogP contribution in [0.15, 0.2) is 24.3 Å². The third kappa shape index (κ3) is 2.09. The summed E-state index contributed by atoms with van der Waals surface area (Å²) in [7, 11) is 1.53. The van der Waals surface area contributed by atoms with Crippen molar-refractivity contribution < 1.29 is 9.59 Å². The molecule has 84 valence electrons. The first-order valence-corrected chi connectivity index (χ1v) is 5.50. The standard InChI is InChI=1S/C12H12ClNO2/c1-14-11(15)6-9(7-12(14)16)8-2-4-10(13)5-3-8/h2-5,9H,6-7H2,1H3. The molecule has 0 unspecified atom stereocenters. The SMILES string of the molecule is CN1C(=O)CC(c2ccc(Cl)cc2)CC1=O. The van der Waals surface area contributed by atoms with Crippen molar-refractivity contribution in [1.82, 2.24) is 4.90 Å². The molecule has 2 rings (SSSR count). The second-order valence-corrected chi connectivity index (χ2v) is 4.44. The molecule has 0 N–H and O–H groups in total. The third-order valence-electron chi connectivity index (χ3n) is 2.93. The molecule has 1 heterocycles. The number of carbonyl (C=O) groups is 2. The number of amides is 2. The largest absolute Gasteiger partial charge is 0.286 e. The summed E-state index contributed by atoms with van der Waals surface area (Å²) in [5, 5.41) is 0.661. The highest BCUT2D eigenvalue weighted by atomic mass is 35.5. The van der Waals surface area contributed by atoms with E-state index in [1.807, 2.05) is 12.1 Å². The lowest BCUT2D eigenvalue weighted by atomic mass is 9.89. The molecule has 3 nitrogen and oxygen atoms in total. The van der Waals surface area contributed by atoms with Gasteiger partial charge in [0.2, 0.25) is 11.8 Å². The second-order valence-electron chi connectivity index (χ2n) is 4.00. The van der Waals surface area contributed by atoms with Crippen molar-refractivity contribution >= 4 is 23.4 Å². The van der Waals surface area contributed by atoms with Crippen molar-refractivity contribution in [2.45, 2.75) is 18.8 Å². The molecule has 0 spiro atoms. The zero-order valence-electron chi connectivity index (χ0n) is 8.94. The van der Waals surface area contributed by atoms with Crippen molar-refractivity contribution in [3.8, 4) is 0 Å². The Bertz CT molecular complexity index is 409. The predicted molar refractivity (Wildman–Crippen MR) is 61.2 cm³/mol. The monoisotopic (exact) mass is 237 g/mol. The highest BCUT2D eigenvalue weighted by molar-refractivity contribution is 6.30. The number of hydrogen-bond acceptors (Lipinski definition) is 2. The van der Waals surface area contributed by atoms with E-state index in [4.69, 9.17) is 11.6 Å². The third-order valence-corrected chi connectivity index (χ3v) is 3.18. The minimum absolute atomic E-state index is 0.00605. The molecule has 4 heteroatoms. The van der Waals surface area contributed by atoms with Gasteiger partial charge in [-0.15, -0.1) is 0 Å². The van der Waals surface area contributed by atoms with Gasteiger partial charge >= 0.3 is 0 Å². The van der Waals surface area contributed by atoms with Crippen LogP contribution in [0.4, 0.5) is 0 Å².